The Labute approximate surface area is 173 Å². The van der Waals surface area contributed by atoms with Crippen molar-refractivity contribution in [2.24, 2.45) is 0 Å². The van der Waals surface area contributed by atoms with E-state index >= 15 is 0 Å². The summed E-state index contributed by atoms with van der Waals surface area (Å²) in [7, 11) is -3.14. The van der Waals surface area contributed by atoms with E-state index in [0.717, 1.165) is 17.4 Å². The molecule has 0 saturated heterocycles. The molecule has 0 N–H and O–H groups in total. The molecule has 0 aliphatic rings. The molecule has 0 aliphatic carbocycles. The molecule has 0 radical (unpaired) electrons. The van der Waals surface area contributed by atoms with Gasteiger partial charge in [0, 0.05) is 11.8 Å². The summed E-state index contributed by atoms with van der Waals surface area (Å²) in [5.74, 6) is -0.420. The van der Waals surface area contributed by atoms with Gasteiger partial charge in [-0.25, -0.2) is 13.2 Å². The largest absolute Gasteiger partial charge is 0.454 e. The summed E-state index contributed by atoms with van der Waals surface area (Å²) in [5.41, 5.74) is 3.54. The molecule has 156 valence electrons. The quantitative estimate of drug-likeness (QED) is 0.467. The van der Waals surface area contributed by atoms with E-state index in [9.17, 15) is 18.0 Å². The Hall–Kier alpha value is -2.47. The highest BCUT2D eigenvalue weighted by Crippen LogP contribution is 2.25. The normalized spacial score (nSPS) is 11.7. The predicted molar refractivity (Wildman–Crippen MR) is 114 cm³/mol. The molecular formula is C23H28O5S. The highest BCUT2D eigenvalue weighted by atomic mass is 32.2. The van der Waals surface area contributed by atoms with Crippen LogP contribution in [-0.2, 0) is 20.3 Å². The molecule has 2 rings (SSSR count). The van der Waals surface area contributed by atoms with Gasteiger partial charge in [0.05, 0.1) is 11.3 Å². The third kappa shape index (κ3) is 6.53. The van der Waals surface area contributed by atoms with Gasteiger partial charge in [-0.15, -0.1) is 0 Å². The Morgan fingerprint density at radius 1 is 0.931 bits per heavy atom. The summed E-state index contributed by atoms with van der Waals surface area (Å²) in [6, 6.07) is 11.9. The lowest BCUT2D eigenvalue weighted by atomic mass is 9.90. The molecule has 2 aromatic rings. The SMILES string of the molecule is CC(C)c1ccc(C(=O)COC(=O)c2ccc(CS(C)(=O)=O)cc2)c(C(C)C)c1. The zero-order chi connectivity index (χ0) is 21.8. The number of Topliss-reactive ketones (excluding diaryl/α,β-unsaturated/α-hetero) is 1. The van der Waals surface area contributed by atoms with Crippen molar-refractivity contribution in [3.8, 4) is 0 Å². The van der Waals surface area contributed by atoms with E-state index in [1.807, 2.05) is 26.0 Å². The van der Waals surface area contributed by atoms with E-state index in [-0.39, 0.29) is 29.6 Å². The van der Waals surface area contributed by atoms with Crippen LogP contribution in [0.25, 0.3) is 0 Å². The monoisotopic (exact) mass is 416 g/mol. The van der Waals surface area contributed by atoms with Crippen molar-refractivity contribution in [1.29, 1.82) is 0 Å². The van der Waals surface area contributed by atoms with Crippen LogP contribution in [0.5, 0.6) is 0 Å². The first kappa shape index (κ1) is 22.8. The molecule has 29 heavy (non-hydrogen) atoms. The average Bonchev–Trinajstić information content (AvgIpc) is 2.64. The first-order chi connectivity index (χ1) is 13.5. The Bertz CT molecular complexity index is 986. The standard InChI is InChI=1S/C23H28O5S/c1-15(2)19-10-11-20(21(12-19)16(3)4)22(24)13-28-23(25)18-8-6-17(7-9-18)14-29(5,26)27/h6-12,15-16H,13-14H2,1-5H3. The van der Waals surface area contributed by atoms with E-state index < -0.39 is 15.8 Å². The zero-order valence-corrected chi connectivity index (χ0v) is 18.4. The van der Waals surface area contributed by atoms with Crippen molar-refractivity contribution < 1.29 is 22.7 Å². The molecule has 0 amide bonds. The van der Waals surface area contributed by atoms with Gasteiger partial charge in [0.25, 0.3) is 0 Å². The lowest BCUT2D eigenvalue weighted by Gasteiger charge is -2.15. The smallest absolute Gasteiger partial charge is 0.338 e. The van der Waals surface area contributed by atoms with Crippen LogP contribution in [0.15, 0.2) is 42.5 Å². The third-order valence-corrected chi connectivity index (χ3v) is 5.48. The van der Waals surface area contributed by atoms with Gasteiger partial charge >= 0.3 is 5.97 Å². The summed E-state index contributed by atoms with van der Waals surface area (Å²) in [6.45, 7) is 7.92. The summed E-state index contributed by atoms with van der Waals surface area (Å²) in [5, 5.41) is 0. The molecule has 0 spiro atoms. The minimum Gasteiger partial charge on any atom is -0.454 e. The first-order valence-electron chi connectivity index (χ1n) is 9.58. The Kier molecular flexibility index (Phi) is 7.36. The number of carbonyl (C=O) groups excluding carboxylic acids is 2. The number of carbonyl (C=O) groups is 2. The summed E-state index contributed by atoms with van der Waals surface area (Å²) < 4.78 is 27.9. The molecule has 6 heteroatoms. The topological polar surface area (TPSA) is 77.5 Å². The second-order valence-electron chi connectivity index (χ2n) is 7.92. The molecule has 0 aromatic heterocycles. The van der Waals surface area contributed by atoms with Crippen LogP contribution in [0.1, 0.15) is 76.9 Å². The molecule has 0 heterocycles. The van der Waals surface area contributed by atoms with Gasteiger partial charge in [-0.1, -0.05) is 58.0 Å². The van der Waals surface area contributed by atoms with E-state index in [1.165, 1.54) is 12.1 Å². The predicted octanol–water partition coefficient (Wildman–Crippen LogP) is 4.52. The van der Waals surface area contributed by atoms with E-state index in [2.05, 4.69) is 13.8 Å². The van der Waals surface area contributed by atoms with Crippen LogP contribution >= 0.6 is 0 Å². The summed E-state index contributed by atoms with van der Waals surface area (Å²) in [6.07, 6.45) is 1.15. The molecule has 0 aliphatic heterocycles. The van der Waals surface area contributed by atoms with Crippen molar-refractivity contribution in [1.82, 2.24) is 0 Å². The van der Waals surface area contributed by atoms with Gasteiger partial charge in [-0.05, 0) is 40.7 Å². The second-order valence-corrected chi connectivity index (χ2v) is 10.1. The highest BCUT2D eigenvalue weighted by Gasteiger charge is 2.18. The van der Waals surface area contributed by atoms with E-state index in [1.54, 1.807) is 18.2 Å². The first-order valence-corrected chi connectivity index (χ1v) is 11.6. The van der Waals surface area contributed by atoms with Crippen molar-refractivity contribution in [3.05, 3.63) is 70.3 Å². The Morgan fingerprint density at radius 2 is 1.55 bits per heavy atom. The Balaban J connectivity index is 2.08. The number of hydrogen-bond donors (Lipinski definition) is 0. The molecular weight excluding hydrogens is 388 g/mol. The fraction of sp³-hybridized carbons (Fsp3) is 0.391. The maximum absolute atomic E-state index is 12.7. The van der Waals surface area contributed by atoms with Crippen LogP contribution in [0, 0.1) is 0 Å². The molecule has 5 nitrogen and oxygen atoms in total. The minimum absolute atomic E-state index is 0.0921. The van der Waals surface area contributed by atoms with Crippen LogP contribution in [0.4, 0.5) is 0 Å². The average molecular weight is 417 g/mol. The van der Waals surface area contributed by atoms with Crippen LogP contribution in [0.3, 0.4) is 0 Å². The van der Waals surface area contributed by atoms with Gasteiger partial charge < -0.3 is 4.74 Å². The van der Waals surface area contributed by atoms with Crippen molar-refractivity contribution in [2.75, 3.05) is 12.9 Å². The second kappa shape index (κ2) is 9.35. The van der Waals surface area contributed by atoms with E-state index in [4.69, 9.17) is 4.74 Å². The number of ether oxygens (including phenoxy) is 1. The van der Waals surface area contributed by atoms with Gasteiger partial charge in [0.2, 0.25) is 5.78 Å². The number of rotatable bonds is 8. The number of sulfone groups is 1. The zero-order valence-electron chi connectivity index (χ0n) is 17.6. The van der Waals surface area contributed by atoms with Gasteiger partial charge in [0.1, 0.15) is 0 Å². The molecule has 0 saturated carbocycles. The number of hydrogen-bond acceptors (Lipinski definition) is 5. The minimum atomic E-state index is -3.14. The lowest BCUT2D eigenvalue weighted by molar-refractivity contribution is 0.0474. The maximum Gasteiger partial charge on any atom is 0.338 e. The fourth-order valence-corrected chi connectivity index (χ4v) is 3.80. The summed E-state index contributed by atoms with van der Waals surface area (Å²) in [4.78, 5) is 24.9. The van der Waals surface area contributed by atoms with Crippen molar-refractivity contribution in [3.63, 3.8) is 0 Å². The van der Waals surface area contributed by atoms with Crippen molar-refractivity contribution in [2.45, 2.75) is 45.3 Å². The van der Waals surface area contributed by atoms with Crippen LogP contribution in [-0.4, -0.2) is 33.0 Å². The third-order valence-electron chi connectivity index (χ3n) is 4.62. The Morgan fingerprint density at radius 3 is 2.07 bits per heavy atom. The maximum atomic E-state index is 12.7. The van der Waals surface area contributed by atoms with Gasteiger partial charge in [-0.2, -0.15) is 0 Å². The molecule has 2 aromatic carbocycles. The molecule has 0 fully saturated rings. The van der Waals surface area contributed by atoms with Crippen LogP contribution < -0.4 is 0 Å². The van der Waals surface area contributed by atoms with Gasteiger partial charge in [0.15, 0.2) is 16.4 Å². The summed E-state index contributed by atoms with van der Waals surface area (Å²) >= 11 is 0. The molecule has 0 unspecified atom stereocenters. The molecule has 0 bridgehead atoms. The van der Waals surface area contributed by atoms with Gasteiger partial charge in [-0.3, -0.25) is 4.79 Å². The van der Waals surface area contributed by atoms with E-state index in [0.29, 0.717) is 17.0 Å². The highest BCUT2D eigenvalue weighted by molar-refractivity contribution is 7.89. The van der Waals surface area contributed by atoms with Crippen LogP contribution in [0.2, 0.25) is 0 Å². The number of esters is 1. The lowest BCUT2D eigenvalue weighted by Crippen LogP contribution is -2.16. The number of benzene rings is 2. The van der Waals surface area contributed by atoms with Crippen molar-refractivity contribution >= 4 is 21.6 Å². The molecule has 0 atom stereocenters. The number of ketones is 1. The fourth-order valence-electron chi connectivity index (χ4n) is 3.00.